The van der Waals surface area contributed by atoms with E-state index in [4.69, 9.17) is 28.4 Å². The molecule has 0 aliphatic heterocycles. The summed E-state index contributed by atoms with van der Waals surface area (Å²) in [6.07, 6.45) is 21.3. The first-order valence-electron chi connectivity index (χ1n) is 22.3. The third-order valence-corrected chi connectivity index (χ3v) is 9.87. The molecule has 10 heteroatoms. The maximum Gasteiger partial charge on any atom is 0.325 e. The molecule has 1 amide bonds. The van der Waals surface area contributed by atoms with Gasteiger partial charge in [-0.2, -0.15) is 0 Å². The number of rotatable bonds is 34. The Bertz CT molecular complexity index is 1540. The van der Waals surface area contributed by atoms with Crippen LogP contribution < -0.4 is 18.9 Å². The highest BCUT2D eigenvalue weighted by Crippen LogP contribution is 2.27. The molecule has 0 aromatic heterocycles. The van der Waals surface area contributed by atoms with Gasteiger partial charge in [-0.3, -0.25) is 14.4 Å². The molecule has 0 heterocycles. The van der Waals surface area contributed by atoms with Crippen LogP contribution >= 0.6 is 0 Å². The first kappa shape index (κ1) is 48.6. The Labute approximate surface area is 354 Å². The summed E-state index contributed by atoms with van der Waals surface area (Å²) in [5, 5.41) is 0. The smallest absolute Gasteiger partial charge is 0.325 e. The zero-order valence-electron chi connectivity index (χ0n) is 36.2. The van der Waals surface area contributed by atoms with Crippen LogP contribution in [0.5, 0.6) is 23.0 Å². The average Bonchev–Trinajstić information content (AvgIpc) is 3.24. The van der Waals surface area contributed by atoms with Crippen molar-refractivity contribution in [1.82, 2.24) is 4.90 Å². The van der Waals surface area contributed by atoms with E-state index in [2.05, 4.69) is 6.92 Å². The number of ether oxygens (including phenoxy) is 6. The first-order chi connectivity index (χ1) is 28.9. The summed E-state index contributed by atoms with van der Waals surface area (Å²) in [5.41, 5.74) is 1.27. The lowest BCUT2D eigenvalue weighted by Gasteiger charge is -2.22. The van der Waals surface area contributed by atoms with E-state index < -0.39 is 30.9 Å². The maximum absolute atomic E-state index is 14.0. The van der Waals surface area contributed by atoms with E-state index in [0.717, 1.165) is 29.1 Å². The largest absolute Gasteiger partial charge is 0.494 e. The lowest BCUT2D eigenvalue weighted by atomic mass is 10.0. The maximum atomic E-state index is 14.0. The highest BCUT2D eigenvalue weighted by atomic mass is 16.5. The normalized spacial score (nSPS) is 10.8. The summed E-state index contributed by atoms with van der Waals surface area (Å²) < 4.78 is 34.2. The van der Waals surface area contributed by atoms with Crippen LogP contribution in [0.4, 0.5) is 0 Å². The molecule has 0 atom stereocenters. The van der Waals surface area contributed by atoms with Crippen molar-refractivity contribution in [2.24, 2.45) is 0 Å². The van der Waals surface area contributed by atoms with Crippen molar-refractivity contribution in [2.75, 3.05) is 46.1 Å². The Hall–Kier alpha value is -4.73. The van der Waals surface area contributed by atoms with E-state index in [0.29, 0.717) is 43.5 Å². The van der Waals surface area contributed by atoms with Gasteiger partial charge in [-0.1, -0.05) is 134 Å². The molecule has 0 fully saturated rings. The minimum atomic E-state index is -0.628. The van der Waals surface area contributed by atoms with E-state index in [1.54, 1.807) is 32.0 Å². The van der Waals surface area contributed by atoms with E-state index in [9.17, 15) is 14.4 Å². The summed E-state index contributed by atoms with van der Waals surface area (Å²) in [7, 11) is 0. The summed E-state index contributed by atoms with van der Waals surface area (Å²) >= 11 is 0. The number of nitrogens with zero attached hydrogens (tertiary/aromatic N) is 1. The third kappa shape index (κ3) is 21.7. The second-order valence-electron chi connectivity index (χ2n) is 14.9. The van der Waals surface area contributed by atoms with Gasteiger partial charge in [0.25, 0.3) is 5.91 Å². The molecule has 0 bridgehead atoms. The van der Waals surface area contributed by atoms with Crippen LogP contribution in [0.3, 0.4) is 0 Å². The second-order valence-corrected chi connectivity index (χ2v) is 14.9. The number of carbonyl (C=O) groups excluding carboxylic acids is 3. The Morgan fingerprint density at radius 3 is 1.47 bits per heavy atom. The molecule has 59 heavy (non-hydrogen) atoms. The predicted molar refractivity (Wildman–Crippen MR) is 233 cm³/mol. The molecule has 3 aromatic rings. The van der Waals surface area contributed by atoms with Gasteiger partial charge in [-0.15, -0.1) is 0 Å². The van der Waals surface area contributed by atoms with Crippen molar-refractivity contribution in [2.45, 2.75) is 137 Å². The predicted octanol–water partition coefficient (Wildman–Crippen LogP) is 11.3. The SMILES string of the molecule is CCCCCCCCCCCCCCCCCCOc1ccc(OCCCOc2ccc(OCc3ccccc3)cc2)c(C(=O)N(CC(=O)OCC)CC(=O)OCC)c1. The van der Waals surface area contributed by atoms with Gasteiger partial charge in [-0.05, 0) is 68.3 Å². The quantitative estimate of drug-likeness (QED) is 0.0430. The number of benzene rings is 3. The lowest BCUT2D eigenvalue weighted by Crippen LogP contribution is -2.40. The number of carbonyl (C=O) groups is 3. The molecule has 3 rings (SSSR count). The monoisotopic (exact) mass is 818 g/mol. The zero-order chi connectivity index (χ0) is 42.2. The Morgan fingerprint density at radius 2 is 0.932 bits per heavy atom. The second kappa shape index (κ2) is 31.2. The molecule has 326 valence electrons. The van der Waals surface area contributed by atoms with Gasteiger partial charge in [0.2, 0.25) is 0 Å². The number of hydrogen-bond donors (Lipinski definition) is 0. The van der Waals surface area contributed by atoms with E-state index in [1.807, 2.05) is 54.6 Å². The average molecular weight is 818 g/mol. The molecular formula is C49H71NO9. The molecule has 0 aliphatic carbocycles. The van der Waals surface area contributed by atoms with Crippen LogP contribution in [-0.4, -0.2) is 68.9 Å². The highest BCUT2D eigenvalue weighted by molar-refractivity contribution is 6.00. The first-order valence-corrected chi connectivity index (χ1v) is 22.3. The third-order valence-electron chi connectivity index (χ3n) is 9.87. The van der Waals surface area contributed by atoms with Gasteiger partial charge in [0, 0.05) is 6.42 Å². The molecular weight excluding hydrogens is 747 g/mol. The van der Waals surface area contributed by atoms with E-state index >= 15 is 0 Å². The fourth-order valence-electron chi connectivity index (χ4n) is 6.63. The van der Waals surface area contributed by atoms with Crippen LogP contribution in [0.25, 0.3) is 0 Å². The minimum absolute atomic E-state index is 0.144. The van der Waals surface area contributed by atoms with Crippen molar-refractivity contribution in [3.05, 3.63) is 83.9 Å². The standard InChI is InChI=1S/C49H71NO9/c1-4-7-8-9-10-11-12-13-14-15-16-17-18-19-20-24-34-57-44-32-33-46(45(37-44)49(53)50(38-47(51)54-5-2)39-48(52)55-6-3)58-36-25-35-56-42-28-30-43(31-29-42)59-40-41-26-22-21-23-27-41/h21-23,26-33,37H,4-20,24-25,34-36,38-40H2,1-3H3. The van der Waals surface area contributed by atoms with Crippen molar-refractivity contribution in [1.29, 1.82) is 0 Å². The summed E-state index contributed by atoms with van der Waals surface area (Å²) in [4.78, 5) is 40.1. The Kier molecular flexibility index (Phi) is 25.7. The number of hydrogen-bond acceptors (Lipinski definition) is 9. The molecule has 0 saturated heterocycles. The van der Waals surface area contributed by atoms with Gasteiger partial charge in [0.05, 0.1) is 38.6 Å². The molecule has 0 unspecified atom stereocenters. The Balaban J connectivity index is 1.47. The number of esters is 2. The van der Waals surface area contributed by atoms with Crippen LogP contribution in [0.2, 0.25) is 0 Å². The highest BCUT2D eigenvalue weighted by Gasteiger charge is 2.26. The van der Waals surface area contributed by atoms with E-state index in [1.165, 1.54) is 89.9 Å². The fraction of sp³-hybridized carbons (Fsp3) is 0.571. The summed E-state index contributed by atoms with van der Waals surface area (Å²) in [5.74, 6) is 0.440. The number of amides is 1. The Morgan fingerprint density at radius 1 is 0.475 bits per heavy atom. The van der Waals surface area contributed by atoms with Crippen molar-refractivity contribution >= 4 is 17.8 Å². The molecule has 0 spiro atoms. The van der Waals surface area contributed by atoms with Crippen LogP contribution in [0.15, 0.2) is 72.8 Å². The molecule has 3 aromatic carbocycles. The molecule has 0 N–H and O–H groups in total. The fourth-order valence-corrected chi connectivity index (χ4v) is 6.63. The molecule has 10 nitrogen and oxygen atoms in total. The van der Waals surface area contributed by atoms with Crippen molar-refractivity contribution in [3.63, 3.8) is 0 Å². The topological polar surface area (TPSA) is 110 Å². The molecule has 0 saturated carbocycles. The lowest BCUT2D eigenvalue weighted by molar-refractivity contribution is -0.147. The summed E-state index contributed by atoms with van der Waals surface area (Å²) in [6.45, 7) is 6.72. The van der Waals surface area contributed by atoms with Gasteiger partial charge < -0.3 is 33.3 Å². The van der Waals surface area contributed by atoms with Gasteiger partial charge in [-0.25, -0.2) is 0 Å². The number of unbranched alkanes of at least 4 members (excludes halogenated alkanes) is 15. The van der Waals surface area contributed by atoms with Gasteiger partial charge in [0.1, 0.15) is 42.7 Å². The minimum Gasteiger partial charge on any atom is -0.494 e. The van der Waals surface area contributed by atoms with Crippen LogP contribution in [-0.2, 0) is 25.7 Å². The summed E-state index contributed by atoms with van der Waals surface area (Å²) in [6, 6.07) is 22.5. The van der Waals surface area contributed by atoms with Gasteiger partial charge in [0.15, 0.2) is 0 Å². The van der Waals surface area contributed by atoms with Crippen LogP contribution in [0, 0.1) is 0 Å². The van der Waals surface area contributed by atoms with E-state index in [-0.39, 0.29) is 25.4 Å². The molecule has 0 aliphatic rings. The van der Waals surface area contributed by atoms with Crippen molar-refractivity contribution < 1.29 is 42.8 Å². The van der Waals surface area contributed by atoms with Crippen LogP contribution in [0.1, 0.15) is 146 Å². The molecule has 0 radical (unpaired) electrons. The van der Waals surface area contributed by atoms with Gasteiger partial charge >= 0.3 is 11.9 Å². The zero-order valence-corrected chi connectivity index (χ0v) is 36.2. The van der Waals surface area contributed by atoms with Crippen molar-refractivity contribution in [3.8, 4) is 23.0 Å².